The number of sulfonamides is 1. The largest absolute Gasteiger partial charge is 0.357 e. The lowest BCUT2D eigenvalue weighted by molar-refractivity contribution is 0.464. The van der Waals surface area contributed by atoms with Crippen LogP contribution >= 0.6 is 24.0 Å². The third-order valence-electron chi connectivity index (χ3n) is 3.08. The molecule has 1 aromatic rings. The molecular formula is C16H28FIN4O2S. The summed E-state index contributed by atoms with van der Waals surface area (Å²) in [6, 6.07) is 6.65. The maximum Gasteiger partial charge on any atom is 0.209 e. The van der Waals surface area contributed by atoms with Gasteiger partial charge in [0.25, 0.3) is 0 Å². The van der Waals surface area contributed by atoms with Crippen molar-refractivity contribution in [3.63, 3.8) is 0 Å². The molecule has 0 radical (unpaired) electrons. The summed E-state index contributed by atoms with van der Waals surface area (Å²) in [4.78, 5) is 4.40. The molecule has 0 heterocycles. The Bertz CT molecular complexity index is 666. The van der Waals surface area contributed by atoms with Gasteiger partial charge in [0.1, 0.15) is 5.82 Å². The molecule has 0 saturated heterocycles. The summed E-state index contributed by atoms with van der Waals surface area (Å²) in [6.07, 6.45) is 1.65. The smallest absolute Gasteiger partial charge is 0.209 e. The summed E-state index contributed by atoms with van der Waals surface area (Å²) >= 11 is 0. The number of hydrogen-bond donors (Lipinski definition) is 3. The normalized spacial score (nSPS) is 12.4. The first-order valence-corrected chi connectivity index (χ1v) is 9.76. The first-order chi connectivity index (χ1) is 11.1. The fourth-order valence-corrected chi connectivity index (χ4v) is 3.24. The van der Waals surface area contributed by atoms with E-state index in [9.17, 15) is 12.8 Å². The van der Waals surface area contributed by atoms with Crippen molar-refractivity contribution in [1.82, 2.24) is 15.4 Å². The Labute approximate surface area is 167 Å². The summed E-state index contributed by atoms with van der Waals surface area (Å²) in [5, 5.41) is 6.21. The molecule has 144 valence electrons. The number of halogens is 2. The lowest BCUT2D eigenvalue weighted by atomic mass is 10.1. The quantitative estimate of drug-likeness (QED) is 0.298. The van der Waals surface area contributed by atoms with Gasteiger partial charge in [-0.3, -0.25) is 4.99 Å². The van der Waals surface area contributed by atoms with Gasteiger partial charge in [-0.1, -0.05) is 18.2 Å². The fourth-order valence-electron chi connectivity index (χ4n) is 2.17. The molecule has 0 unspecified atom stereocenters. The highest BCUT2D eigenvalue weighted by atomic mass is 127. The topological polar surface area (TPSA) is 82.6 Å². The van der Waals surface area contributed by atoms with Crippen LogP contribution in [0.1, 0.15) is 26.3 Å². The van der Waals surface area contributed by atoms with Gasteiger partial charge in [0.15, 0.2) is 5.96 Å². The molecular weight excluding hydrogens is 458 g/mol. The Hall–Kier alpha value is -0.940. The maximum atomic E-state index is 13.6. The number of benzene rings is 1. The van der Waals surface area contributed by atoms with Crippen LogP contribution in [0.4, 0.5) is 4.39 Å². The van der Waals surface area contributed by atoms with E-state index in [1.54, 1.807) is 32.0 Å². The van der Waals surface area contributed by atoms with Crippen molar-refractivity contribution in [3.05, 3.63) is 35.6 Å². The Kier molecular flexibility index (Phi) is 10.5. The van der Waals surface area contributed by atoms with E-state index >= 15 is 0 Å². The Morgan fingerprint density at radius 2 is 1.88 bits per heavy atom. The molecule has 25 heavy (non-hydrogen) atoms. The van der Waals surface area contributed by atoms with Gasteiger partial charge in [-0.2, -0.15) is 0 Å². The zero-order chi connectivity index (χ0) is 18.2. The molecule has 9 heteroatoms. The zero-order valence-electron chi connectivity index (χ0n) is 15.1. The minimum Gasteiger partial charge on any atom is -0.357 e. The van der Waals surface area contributed by atoms with Gasteiger partial charge in [0, 0.05) is 18.6 Å². The average molecular weight is 486 g/mol. The highest BCUT2D eigenvalue weighted by molar-refractivity contribution is 14.0. The molecule has 1 aromatic carbocycles. The Balaban J connectivity index is 0.00000576. The van der Waals surface area contributed by atoms with Crippen LogP contribution in [0.25, 0.3) is 0 Å². The van der Waals surface area contributed by atoms with Gasteiger partial charge in [-0.25, -0.2) is 17.5 Å². The van der Waals surface area contributed by atoms with E-state index in [-0.39, 0.29) is 36.3 Å². The summed E-state index contributed by atoms with van der Waals surface area (Å²) < 4.78 is 38.8. The van der Waals surface area contributed by atoms with Gasteiger partial charge in [-0.05, 0) is 38.8 Å². The van der Waals surface area contributed by atoms with E-state index in [0.717, 1.165) is 6.26 Å². The third kappa shape index (κ3) is 10.6. The standard InChI is InChI=1S/C16H27FN4O2S.HI/c1-5-18-15(20-12-16(2,3)21-24(4,22)23)19-11-10-13-8-6-7-9-14(13)17;/h6-9,21H,5,10-12H2,1-4H3,(H2,18,19,20);1H. The molecule has 6 nitrogen and oxygen atoms in total. The monoisotopic (exact) mass is 486 g/mol. The molecule has 0 aromatic heterocycles. The molecule has 0 fully saturated rings. The molecule has 0 spiro atoms. The van der Waals surface area contributed by atoms with Crippen LogP contribution < -0.4 is 15.4 Å². The van der Waals surface area contributed by atoms with Crippen LogP contribution in [-0.4, -0.2) is 45.8 Å². The highest BCUT2D eigenvalue weighted by Gasteiger charge is 2.21. The molecule has 0 amide bonds. The van der Waals surface area contributed by atoms with E-state index < -0.39 is 15.6 Å². The van der Waals surface area contributed by atoms with E-state index in [2.05, 4.69) is 20.3 Å². The first-order valence-electron chi connectivity index (χ1n) is 7.87. The highest BCUT2D eigenvalue weighted by Crippen LogP contribution is 2.06. The minimum absolute atomic E-state index is 0. The summed E-state index contributed by atoms with van der Waals surface area (Å²) in [5.41, 5.74) is -0.0542. The number of aliphatic imine (C=N–C) groups is 1. The zero-order valence-corrected chi connectivity index (χ0v) is 18.2. The van der Waals surface area contributed by atoms with Crippen molar-refractivity contribution in [2.75, 3.05) is 25.9 Å². The van der Waals surface area contributed by atoms with Crippen molar-refractivity contribution in [1.29, 1.82) is 0 Å². The lowest BCUT2D eigenvalue weighted by Crippen LogP contribution is -2.47. The van der Waals surface area contributed by atoms with E-state index in [4.69, 9.17) is 0 Å². The summed E-state index contributed by atoms with van der Waals surface area (Å²) in [6.45, 7) is 6.93. The second kappa shape index (κ2) is 10.9. The molecule has 1 rings (SSSR count). The maximum absolute atomic E-state index is 13.6. The number of nitrogens with zero attached hydrogens (tertiary/aromatic N) is 1. The summed E-state index contributed by atoms with van der Waals surface area (Å²) in [5.74, 6) is 0.344. The average Bonchev–Trinajstić information content (AvgIpc) is 2.44. The van der Waals surface area contributed by atoms with Gasteiger partial charge in [0.05, 0.1) is 12.8 Å². The summed E-state index contributed by atoms with van der Waals surface area (Å²) in [7, 11) is -3.30. The van der Waals surface area contributed by atoms with Gasteiger partial charge < -0.3 is 10.6 Å². The number of guanidine groups is 1. The van der Waals surface area contributed by atoms with Crippen LogP contribution in [0.3, 0.4) is 0 Å². The van der Waals surface area contributed by atoms with Gasteiger partial charge in [0.2, 0.25) is 10.0 Å². The third-order valence-corrected chi connectivity index (χ3v) is 4.01. The second-order valence-electron chi connectivity index (χ2n) is 6.22. The molecule has 3 N–H and O–H groups in total. The van der Waals surface area contributed by atoms with Crippen LogP contribution in [-0.2, 0) is 16.4 Å². The van der Waals surface area contributed by atoms with Crippen molar-refractivity contribution in [2.45, 2.75) is 32.7 Å². The number of rotatable bonds is 8. The van der Waals surface area contributed by atoms with E-state index in [1.165, 1.54) is 6.07 Å². The predicted molar refractivity (Wildman–Crippen MR) is 112 cm³/mol. The van der Waals surface area contributed by atoms with Crippen molar-refractivity contribution in [2.24, 2.45) is 4.99 Å². The van der Waals surface area contributed by atoms with Crippen LogP contribution in [0, 0.1) is 5.82 Å². The van der Waals surface area contributed by atoms with E-state index in [0.29, 0.717) is 31.0 Å². The lowest BCUT2D eigenvalue weighted by Gasteiger charge is -2.23. The van der Waals surface area contributed by atoms with Crippen LogP contribution in [0.5, 0.6) is 0 Å². The van der Waals surface area contributed by atoms with Crippen molar-refractivity contribution in [3.8, 4) is 0 Å². The van der Waals surface area contributed by atoms with E-state index in [1.807, 2.05) is 6.92 Å². The number of hydrogen-bond acceptors (Lipinski definition) is 3. The number of nitrogens with one attached hydrogen (secondary N) is 3. The Morgan fingerprint density at radius 1 is 1.24 bits per heavy atom. The molecule has 0 saturated carbocycles. The van der Waals surface area contributed by atoms with Crippen LogP contribution in [0.2, 0.25) is 0 Å². The fraction of sp³-hybridized carbons (Fsp3) is 0.562. The van der Waals surface area contributed by atoms with Crippen LogP contribution in [0.15, 0.2) is 29.3 Å². The SMILES string of the molecule is CCNC(=NCC(C)(C)NS(C)(=O)=O)NCCc1ccccc1F.I. The molecule has 0 aliphatic carbocycles. The van der Waals surface area contributed by atoms with Gasteiger partial charge in [-0.15, -0.1) is 24.0 Å². The van der Waals surface area contributed by atoms with Crippen molar-refractivity contribution < 1.29 is 12.8 Å². The van der Waals surface area contributed by atoms with Gasteiger partial charge >= 0.3 is 0 Å². The molecule has 0 aliphatic heterocycles. The minimum atomic E-state index is -3.30. The molecule has 0 aliphatic rings. The molecule has 0 atom stereocenters. The second-order valence-corrected chi connectivity index (χ2v) is 7.97. The molecule has 0 bridgehead atoms. The predicted octanol–water partition coefficient (Wildman–Crippen LogP) is 1.87. The van der Waals surface area contributed by atoms with Crippen molar-refractivity contribution >= 4 is 40.0 Å². The Morgan fingerprint density at radius 3 is 2.44 bits per heavy atom. The first kappa shape index (κ1) is 24.1.